The summed E-state index contributed by atoms with van der Waals surface area (Å²) in [4.78, 5) is 6.67. The van der Waals surface area contributed by atoms with Gasteiger partial charge in [0.2, 0.25) is 0 Å². The third-order valence-electron chi connectivity index (χ3n) is 5.22. The van der Waals surface area contributed by atoms with Gasteiger partial charge in [-0.25, -0.2) is 0 Å². The molecule has 0 aliphatic rings. The molecule has 0 unspecified atom stereocenters. The van der Waals surface area contributed by atoms with Crippen molar-refractivity contribution in [2.24, 2.45) is 4.99 Å². The zero-order chi connectivity index (χ0) is 21.8. The normalized spacial score (nSPS) is 11.4. The van der Waals surface area contributed by atoms with Crippen LogP contribution in [0.4, 0.5) is 0 Å². The minimum Gasteiger partial charge on any atom is -0.492 e. The van der Waals surface area contributed by atoms with Gasteiger partial charge in [0.05, 0.1) is 5.69 Å². The first-order chi connectivity index (χ1) is 14.6. The summed E-state index contributed by atoms with van der Waals surface area (Å²) in [5.41, 5.74) is 3.31. The molecule has 0 saturated heterocycles. The molecule has 1 heterocycles. The van der Waals surface area contributed by atoms with E-state index in [4.69, 9.17) is 9.26 Å². The van der Waals surface area contributed by atoms with E-state index >= 15 is 0 Å². The molecule has 0 bridgehead atoms. The van der Waals surface area contributed by atoms with Gasteiger partial charge in [-0.3, -0.25) is 4.99 Å². The molecule has 0 saturated carbocycles. The van der Waals surface area contributed by atoms with Crippen molar-refractivity contribution in [2.75, 3.05) is 33.3 Å². The average Bonchev–Trinajstić information content (AvgIpc) is 3.19. The highest BCUT2D eigenvalue weighted by Crippen LogP contribution is 2.15. The molecule has 0 aliphatic carbocycles. The Bertz CT molecular complexity index is 751. The molecule has 1 aromatic heterocycles. The minimum atomic E-state index is 0. The maximum atomic E-state index is 5.85. The molecule has 0 amide bonds. The van der Waals surface area contributed by atoms with Crippen LogP contribution in [0.1, 0.15) is 50.3 Å². The van der Waals surface area contributed by atoms with Crippen molar-refractivity contribution in [3.05, 3.63) is 46.8 Å². The Morgan fingerprint density at radius 3 is 2.29 bits per heavy atom. The van der Waals surface area contributed by atoms with Crippen LogP contribution < -0.4 is 15.4 Å². The molecule has 2 aromatic rings. The van der Waals surface area contributed by atoms with Gasteiger partial charge in [0.25, 0.3) is 0 Å². The van der Waals surface area contributed by atoms with Crippen molar-refractivity contribution in [2.45, 2.75) is 53.6 Å². The second-order valence-corrected chi connectivity index (χ2v) is 7.04. The Kier molecular flexibility index (Phi) is 13.2. The first kappa shape index (κ1) is 27.2. The Labute approximate surface area is 204 Å². The predicted octanol–water partition coefficient (Wildman–Crippen LogP) is 4.00. The van der Waals surface area contributed by atoms with Crippen LogP contribution in [-0.2, 0) is 25.9 Å². The van der Waals surface area contributed by atoms with Crippen molar-refractivity contribution >= 4 is 29.9 Å². The second kappa shape index (κ2) is 15.1. The lowest BCUT2D eigenvalue weighted by molar-refractivity contribution is 0.223. The van der Waals surface area contributed by atoms with Crippen LogP contribution in [0.2, 0.25) is 0 Å². The van der Waals surface area contributed by atoms with Crippen LogP contribution in [0.15, 0.2) is 33.8 Å². The van der Waals surface area contributed by atoms with Gasteiger partial charge in [-0.05, 0) is 37.2 Å². The summed E-state index contributed by atoms with van der Waals surface area (Å²) in [6.45, 7) is 13.6. The van der Waals surface area contributed by atoms with E-state index in [2.05, 4.69) is 65.5 Å². The van der Waals surface area contributed by atoms with E-state index in [0.717, 1.165) is 61.2 Å². The van der Waals surface area contributed by atoms with Crippen molar-refractivity contribution in [1.82, 2.24) is 20.7 Å². The van der Waals surface area contributed by atoms with E-state index in [1.165, 1.54) is 5.56 Å². The van der Waals surface area contributed by atoms with E-state index < -0.39 is 0 Å². The van der Waals surface area contributed by atoms with Crippen LogP contribution in [0.25, 0.3) is 0 Å². The monoisotopic (exact) mass is 543 g/mol. The Morgan fingerprint density at radius 1 is 1.03 bits per heavy atom. The van der Waals surface area contributed by atoms with E-state index in [1.54, 1.807) is 7.05 Å². The van der Waals surface area contributed by atoms with Crippen LogP contribution >= 0.6 is 24.0 Å². The number of aryl methyl sites for hydroxylation is 2. The predicted molar refractivity (Wildman–Crippen MR) is 137 cm³/mol. The topological polar surface area (TPSA) is 74.9 Å². The third kappa shape index (κ3) is 8.68. The maximum absolute atomic E-state index is 5.85. The van der Waals surface area contributed by atoms with Crippen LogP contribution in [0, 0.1) is 0 Å². The van der Waals surface area contributed by atoms with Gasteiger partial charge < -0.3 is 24.8 Å². The number of aromatic nitrogens is 1. The summed E-state index contributed by atoms with van der Waals surface area (Å²) in [5.74, 6) is 2.59. The smallest absolute Gasteiger partial charge is 0.191 e. The Morgan fingerprint density at radius 2 is 1.71 bits per heavy atom. The molecule has 0 spiro atoms. The quantitative estimate of drug-likeness (QED) is 0.240. The van der Waals surface area contributed by atoms with E-state index in [-0.39, 0.29) is 24.0 Å². The number of likely N-dealkylation sites (N-methyl/N-ethyl adjacent to an activating group) is 1. The number of ether oxygens (including phenoxy) is 1. The molecule has 8 heteroatoms. The lowest BCUT2D eigenvalue weighted by Gasteiger charge is -2.18. The minimum absolute atomic E-state index is 0. The first-order valence-corrected chi connectivity index (χ1v) is 11.0. The average molecular weight is 543 g/mol. The SMILES string of the molecule is CCc1noc(CC)c1CNC(=NC)NCc1ccc(OCCN(CC)CC)cc1.I. The summed E-state index contributed by atoms with van der Waals surface area (Å²) in [6, 6.07) is 8.20. The van der Waals surface area contributed by atoms with Gasteiger partial charge in [-0.15, -0.1) is 24.0 Å². The van der Waals surface area contributed by atoms with Gasteiger partial charge in [0.15, 0.2) is 5.96 Å². The fraction of sp³-hybridized carbons (Fsp3) is 0.565. The van der Waals surface area contributed by atoms with Gasteiger partial charge >= 0.3 is 0 Å². The maximum Gasteiger partial charge on any atom is 0.191 e. The zero-order valence-electron chi connectivity index (χ0n) is 19.5. The fourth-order valence-corrected chi connectivity index (χ4v) is 3.25. The van der Waals surface area contributed by atoms with Crippen LogP contribution in [0.3, 0.4) is 0 Å². The van der Waals surface area contributed by atoms with Crippen molar-refractivity contribution in [3.63, 3.8) is 0 Å². The lowest BCUT2D eigenvalue weighted by Crippen LogP contribution is -2.36. The van der Waals surface area contributed by atoms with Crippen LogP contribution in [0.5, 0.6) is 5.75 Å². The molecule has 0 fully saturated rings. The third-order valence-corrected chi connectivity index (χ3v) is 5.22. The number of aliphatic imine (C=N–C) groups is 1. The lowest BCUT2D eigenvalue weighted by atomic mass is 10.1. The molecule has 174 valence electrons. The Balaban J connectivity index is 0.00000480. The molecular formula is C23H38IN5O2. The molecular weight excluding hydrogens is 505 g/mol. The van der Waals surface area contributed by atoms with E-state index in [9.17, 15) is 0 Å². The van der Waals surface area contributed by atoms with Crippen LogP contribution in [-0.4, -0.2) is 49.3 Å². The van der Waals surface area contributed by atoms with Gasteiger partial charge in [0.1, 0.15) is 18.1 Å². The summed E-state index contributed by atoms with van der Waals surface area (Å²) in [7, 11) is 1.78. The summed E-state index contributed by atoms with van der Waals surface area (Å²) in [5, 5.41) is 10.9. The van der Waals surface area contributed by atoms with E-state index in [0.29, 0.717) is 19.7 Å². The fourth-order valence-electron chi connectivity index (χ4n) is 3.25. The molecule has 0 radical (unpaired) electrons. The molecule has 1 aromatic carbocycles. The number of halogens is 1. The second-order valence-electron chi connectivity index (χ2n) is 7.04. The molecule has 7 nitrogen and oxygen atoms in total. The molecule has 0 atom stereocenters. The van der Waals surface area contributed by atoms with Crippen molar-refractivity contribution in [3.8, 4) is 5.75 Å². The highest BCUT2D eigenvalue weighted by Gasteiger charge is 2.13. The van der Waals surface area contributed by atoms with Crippen molar-refractivity contribution < 1.29 is 9.26 Å². The summed E-state index contributed by atoms with van der Waals surface area (Å²) in [6.07, 6.45) is 1.69. The molecule has 31 heavy (non-hydrogen) atoms. The number of nitrogens with one attached hydrogen (secondary N) is 2. The Hall–Kier alpha value is -1.81. The number of benzene rings is 1. The summed E-state index contributed by atoms with van der Waals surface area (Å²) < 4.78 is 11.3. The number of hydrogen-bond acceptors (Lipinski definition) is 5. The number of rotatable bonds is 12. The first-order valence-electron chi connectivity index (χ1n) is 11.0. The van der Waals surface area contributed by atoms with Gasteiger partial charge in [0, 0.05) is 38.7 Å². The van der Waals surface area contributed by atoms with Gasteiger partial charge in [-0.1, -0.05) is 45.0 Å². The highest BCUT2D eigenvalue weighted by atomic mass is 127. The number of nitrogens with zero attached hydrogens (tertiary/aromatic N) is 3. The largest absolute Gasteiger partial charge is 0.492 e. The number of hydrogen-bond donors (Lipinski definition) is 2. The zero-order valence-corrected chi connectivity index (χ0v) is 21.9. The number of guanidine groups is 1. The molecule has 2 rings (SSSR count). The highest BCUT2D eigenvalue weighted by molar-refractivity contribution is 14.0. The van der Waals surface area contributed by atoms with E-state index in [1.807, 2.05) is 12.1 Å². The standard InChI is InChI=1S/C23H37N5O2.HI/c1-6-21-20(22(7-2)30-27-21)17-26-23(24-5)25-16-18-10-12-19(13-11-18)29-15-14-28(8-3)9-4;/h10-13H,6-9,14-17H2,1-5H3,(H2,24,25,26);1H. The summed E-state index contributed by atoms with van der Waals surface area (Å²) >= 11 is 0. The molecule has 0 aliphatic heterocycles. The van der Waals surface area contributed by atoms with Crippen molar-refractivity contribution in [1.29, 1.82) is 0 Å². The molecule has 2 N–H and O–H groups in total. The van der Waals surface area contributed by atoms with Gasteiger partial charge in [-0.2, -0.15) is 0 Å².